The van der Waals surface area contributed by atoms with Crippen LogP contribution >= 0.6 is 11.6 Å². The Hall–Kier alpha value is -1.84. The second-order valence-corrected chi connectivity index (χ2v) is 8.20. The molecule has 1 amide bonds. The quantitative estimate of drug-likeness (QED) is 0.782. The molecule has 1 aliphatic heterocycles. The maximum absolute atomic E-state index is 12.7. The molecule has 3 nitrogen and oxygen atoms in total. The number of rotatable bonds is 5. The van der Waals surface area contributed by atoms with E-state index in [0.717, 1.165) is 37.5 Å². The van der Waals surface area contributed by atoms with Crippen molar-refractivity contribution in [2.75, 3.05) is 13.1 Å². The Labute approximate surface area is 167 Å². The lowest BCUT2D eigenvalue weighted by atomic mass is 9.94. The smallest absolute Gasteiger partial charge is 0.223 e. The van der Waals surface area contributed by atoms with E-state index in [0.29, 0.717) is 0 Å². The van der Waals surface area contributed by atoms with Gasteiger partial charge in [0, 0.05) is 17.5 Å². The number of nitrogens with one attached hydrogen (secondary N) is 1. The number of piperidine rings is 1. The molecule has 1 aliphatic rings. The highest BCUT2D eigenvalue weighted by atomic mass is 35.5. The molecule has 2 aromatic carbocycles. The third-order valence-corrected chi connectivity index (χ3v) is 5.79. The van der Waals surface area contributed by atoms with E-state index in [-0.39, 0.29) is 17.9 Å². The monoisotopic (exact) mass is 384 g/mol. The van der Waals surface area contributed by atoms with Crippen LogP contribution in [0.1, 0.15) is 48.1 Å². The lowest BCUT2D eigenvalue weighted by molar-refractivity contribution is -0.127. The summed E-state index contributed by atoms with van der Waals surface area (Å²) in [5, 5.41) is 4.00. The fourth-order valence-electron chi connectivity index (χ4n) is 3.84. The molecule has 144 valence electrons. The maximum Gasteiger partial charge on any atom is 0.223 e. The number of aryl methyl sites for hydroxylation is 2. The van der Waals surface area contributed by atoms with Crippen LogP contribution in [0.25, 0.3) is 0 Å². The third kappa shape index (κ3) is 5.33. The summed E-state index contributed by atoms with van der Waals surface area (Å²) in [7, 11) is 0. The van der Waals surface area contributed by atoms with Crippen molar-refractivity contribution < 1.29 is 4.79 Å². The molecule has 2 aromatic rings. The Morgan fingerprint density at radius 3 is 2.48 bits per heavy atom. The fraction of sp³-hybridized carbons (Fsp3) is 0.435. The summed E-state index contributed by atoms with van der Waals surface area (Å²) in [5.41, 5.74) is 4.94. The van der Waals surface area contributed by atoms with E-state index in [9.17, 15) is 4.79 Å². The van der Waals surface area contributed by atoms with Gasteiger partial charge < -0.3 is 5.32 Å². The first kappa shape index (κ1) is 19.9. The zero-order valence-corrected chi connectivity index (χ0v) is 17.2. The summed E-state index contributed by atoms with van der Waals surface area (Å²) in [6, 6.07) is 14.5. The van der Waals surface area contributed by atoms with Crippen molar-refractivity contribution in [3.8, 4) is 0 Å². The summed E-state index contributed by atoms with van der Waals surface area (Å²) in [6.07, 6.45) is 1.83. The van der Waals surface area contributed by atoms with Crippen molar-refractivity contribution in [1.82, 2.24) is 10.2 Å². The van der Waals surface area contributed by atoms with E-state index >= 15 is 0 Å². The topological polar surface area (TPSA) is 32.3 Å². The van der Waals surface area contributed by atoms with E-state index in [1.807, 2.05) is 12.1 Å². The molecule has 0 aliphatic carbocycles. The van der Waals surface area contributed by atoms with Gasteiger partial charge in [-0.3, -0.25) is 9.69 Å². The number of hydrogen-bond donors (Lipinski definition) is 1. The number of likely N-dealkylation sites (tertiary alicyclic amines) is 1. The zero-order chi connectivity index (χ0) is 19.4. The number of carbonyl (C=O) groups excluding carboxylic acids is 1. The summed E-state index contributed by atoms with van der Waals surface area (Å²) in [6.45, 7) is 9.11. The van der Waals surface area contributed by atoms with Crippen LogP contribution in [0.15, 0.2) is 42.5 Å². The van der Waals surface area contributed by atoms with Crippen LogP contribution in [0.4, 0.5) is 0 Å². The highest BCUT2D eigenvalue weighted by Crippen LogP contribution is 2.23. The Bertz CT molecular complexity index is 779. The average molecular weight is 385 g/mol. The van der Waals surface area contributed by atoms with Crippen LogP contribution < -0.4 is 5.32 Å². The molecular formula is C23H29ClN2O. The maximum atomic E-state index is 12.7. The standard InChI is InChI=1S/C23H29ClN2O/c1-16-4-5-17(2)22(14-16)18(3)25-23(27)20-10-12-26(13-11-20)15-19-6-8-21(24)9-7-19/h4-9,14,18,20H,10-13,15H2,1-3H3,(H,25,27)/t18-/m0/s1. The van der Waals surface area contributed by atoms with Gasteiger partial charge in [-0.05, 0) is 75.5 Å². The molecule has 1 fully saturated rings. The summed E-state index contributed by atoms with van der Waals surface area (Å²) < 4.78 is 0. The highest BCUT2D eigenvalue weighted by Gasteiger charge is 2.26. The molecule has 0 aromatic heterocycles. The Morgan fingerprint density at radius 1 is 1.15 bits per heavy atom. The molecule has 0 saturated carbocycles. The normalized spacial score (nSPS) is 16.9. The molecule has 27 heavy (non-hydrogen) atoms. The molecule has 1 saturated heterocycles. The van der Waals surface area contributed by atoms with Crippen molar-refractivity contribution in [1.29, 1.82) is 0 Å². The molecule has 0 unspecified atom stereocenters. The fourth-order valence-corrected chi connectivity index (χ4v) is 3.96. The Morgan fingerprint density at radius 2 is 1.81 bits per heavy atom. The van der Waals surface area contributed by atoms with Crippen molar-refractivity contribution in [3.05, 3.63) is 69.7 Å². The van der Waals surface area contributed by atoms with Crippen LogP contribution in [0, 0.1) is 19.8 Å². The summed E-state index contributed by atoms with van der Waals surface area (Å²) in [4.78, 5) is 15.2. The van der Waals surface area contributed by atoms with Crippen molar-refractivity contribution >= 4 is 17.5 Å². The second-order valence-electron chi connectivity index (χ2n) is 7.77. The Kier molecular flexibility index (Phi) is 6.56. The Balaban J connectivity index is 1.50. The lowest BCUT2D eigenvalue weighted by Gasteiger charge is -2.32. The van der Waals surface area contributed by atoms with Gasteiger partial charge in [0.1, 0.15) is 0 Å². The molecule has 3 rings (SSSR count). The van der Waals surface area contributed by atoms with E-state index in [1.165, 1.54) is 22.3 Å². The van der Waals surface area contributed by atoms with Gasteiger partial charge in [0.25, 0.3) is 0 Å². The number of hydrogen-bond acceptors (Lipinski definition) is 2. The number of halogens is 1. The van der Waals surface area contributed by atoms with Crippen molar-refractivity contribution in [2.45, 2.75) is 46.2 Å². The number of nitrogens with zero attached hydrogens (tertiary/aromatic N) is 1. The van der Waals surface area contributed by atoms with Crippen LogP contribution in [-0.4, -0.2) is 23.9 Å². The first-order valence-corrected chi connectivity index (χ1v) is 10.1. The van der Waals surface area contributed by atoms with Gasteiger partial charge >= 0.3 is 0 Å². The molecular weight excluding hydrogens is 356 g/mol. The van der Waals surface area contributed by atoms with Crippen molar-refractivity contribution in [3.63, 3.8) is 0 Å². The largest absolute Gasteiger partial charge is 0.349 e. The first-order valence-electron chi connectivity index (χ1n) is 9.76. The summed E-state index contributed by atoms with van der Waals surface area (Å²) in [5.74, 6) is 0.300. The summed E-state index contributed by atoms with van der Waals surface area (Å²) >= 11 is 5.95. The van der Waals surface area contributed by atoms with Gasteiger partial charge in [0.05, 0.1) is 6.04 Å². The van der Waals surface area contributed by atoms with Gasteiger partial charge in [-0.2, -0.15) is 0 Å². The third-order valence-electron chi connectivity index (χ3n) is 5.54. The van der Waals surface area contributed by atoms with Crippen LogP contribution in [0.3, 0.4) is 0 Å². The molecule has 0 spiro atoms. The molecule has 0 bridgehead atoms. The van der Waals surface area contributed by atoms with E-state index in [4.69, 9.17) is 11.6 Å². The lowest BCUT2D eigenvalue weighted by Crippen LogP contribution is -2.41. The predicted molar refractivity (Wildman–Crippen MR) is 112 cm³/mol. The molecule has 1 heterocycles. The van der Waals surface area contributed by atoms with Crippen LogP contribution in [0.2, 0.25) is 5.02 Å². The van der Waals surface area contributed by atoms with Gasteiger partial charge in [0.15, 0.2) is 0 Å². The minimum Gasteiger partial charge on any atom is -0.349 e. The van der Waals surface area contributed by atoms with Gasteiger partial charge in [0.2, 0.25) is 5.91 Å². The SMILES string of the molecule is Cc1ccc(C)c([C@H](C)NC(=O)C2CCN(Cc3ccc(Cl)cc3)CC2)c1. The first-order chi connectivity index (χ1) is 12.9. The van der Waals surface area contributed by atoms with E-state index in [2.05, 4.69) is 61.3 Å². The molecule has 1 N–H and O–H groups in total. The molecule has 4 heteroatoms. The average Bonchev–Trinajstić information content (AvgIpc) is 2.66. The van der Waals surface area contributed by atoms with Crippen LogP contribution in [-0.2, 0) is 11.3 Å². The minimum absolute atomic E-state index is 0.0458. The van der Waals surface area contributed by atoms with Gasteiger partial charge in [-0.25, -0.2) is 0 Å². The molecule has 0 radical (unpaired) electrons. The van der Waals surface area contributed by atoms with E-state index in [1.54, 1.807) is 0 Å². The number of amides is 1. The number of benzene rings is 2. The minimum atomic E-state index is 0.0458. The predicted octanol–water partition coefficient (Wildman–Crippen LogP) is 5.05. The van der Waals surface area contributed by atoms with Gasteiger partial charge in [-0.15, -0.1) is 0 Å². The second kappa shape index (κ2) is 8.90. The highest BCUT2D eigenvalue weighted by molar-refractivity contribution is 6.30. The van der Waals surface area contributed by atoms with Crippen molar-refractivity contribution in [2.24, 2.45) is 5.92 Å². The van der Waals surface area contributed by atoms with Gasteiger partial charge in [-0.1, -0.05) is 47.5 Å². The number of carbonyl (C=O) groups is 1. The van der Waals surface area contributed by atoms with E-state index < -0.39 is 0 Å². The zero-order valence-electron chi connectivity index (χ0n) is 16.5. The van der Waals surface area contributed by atoms with Crippen LogP contribution in [0.5, 0.6) is 0 Å². The molecule has 1 atom stereocenters.